The van der Waals surface area contributed by atoms with Crippen molar-refractivity contribution in [2.24, 2.45) is 0 Å². The molecule has 0 aliphatic heterocycles. The van der Waals surface area contributed by atoms with Crippen molar-refractivity contribution in [2.75, 3.05) is 0 Å². The molecule has 1 aliphatic carbocycles. The van der Waals surface area contributed by atoms with E-state index in [0.717, 1.165) is 51.7 Å². The maximum atomic E-state index is 13.9. The summed E-state index contributed by atoms with van der Waals surface area (Å²) in [6.07, 6.45) is 5.18. The lowest BCUT2D eigenvalue weighted by Crippen LogP contribution is -2.45. The van der Waals surface area contributed by atoms with Crippen LogP contribution >= 0.6 is 0 Å². The Kier molecular flexibility index (Phi) is 10.0. The van der Waals surface area contributed by atoms with Crippen molar-refractivity contribution >= 4 is 37.0 Å². The first-order valence-electron chi connectivity index (χ1n) is 16.2. The van der Waals surface area contributed by atoms with Gasteiger partial charge in [-0.05, 0) is 79.4 Å². The Morgan fingerprint density at radius 3 is 2.28 bits per heavy atom. The molecule has 240 valence electrons. The number of nitrogens with one attached hydrogen (secondary N) is 1. The van der Waals surface area contributed by atoms with Crippen LogP contribution in [0.15, 0.2) is 84.9 Å². The van der Waals surface area contributed by atoms with Gasteiger partial charge in [-0.15, -0.1) is 0 Å². The zero-order valence-electron chi connectivity index (χ0n) is 27.8. The molecule has 0 radical (unpaired) electrons. The van der Waals surface area contributed by atoms with E-state index in [0.29, 0.717) is 5.92 Å². The SMILES string of the molecule is C[C@H](NC(=O)C[C@@H](CC(=O)C=Cc1c(C2CC2)nc2ccccc2c1-c1ccc(F)cc1)O[Si](C)(C)C(C)(C)C)c1ccccc1. The number of aromatic nitrogens is 1. The van der Waals surface area contributed by atoms with Gasteiger partial charge < -0.3 is 9.74 Å². The minimum atomic E-state index is -2.29. The molecule has 5 nitrogen and oxygen atoms in total. The van der Waals surface area contributed by atoms with E-state index >= 15 is 0 Å². The van der Waals surface area contributed by atoms with Gasteiger partial charge in [0.2, 0.25) is 5.91 Å². The van der Waals surface area contributed by atoms with E-state index < -0.39 is 14.4 Å². The molecule has 3 aromatic carbocycles. The van der Waals surface area contributed by atoms with Crippen LogP contribution in [0, 0.1) is 5.82 Å². The molecule has 2 atom stereocenters. The molecule has 1 saturated carbocycles. The predicted molar refractivity (Wildman–Crippen MR) is 187 cm³/mol. The van der Waals surface area contributed by atoms with Crippen LogP contribution < -0.4 is 5.32 Å². The number of fused-ring (bicyclic) bond motifs is 1. The van der Waals surface area contributed by atoms with Gasteiger partial charge in [-0.25, -0.2) is 4.39 Å². The number of rotatable bonds is 12. The number of ketones is 1. The van der Waals surface area contributed by atoms with E-state index in [1.165, 1.54) is 12.1 Å². The van der Waals surface area contributed by atoms with E-state index in [1.54, 1.807) is 18.2 Å². The van der Waals surface area contributed by atoms with Gasteiger partial charge in [-0.2, -0.15) is 0 Å². The van der Waals surface area contributed by atoms with Gasteiger partial charge in [0.1, 0.15) is 5.82 Å². The highest BCUT2D eigenvalue weighted by Crippen LogP contribution is 2.45. The van der Waals surface area contributed by atoms with E-state index in [-0.39, 0.29) is 41.4 Å². The summed E-state index contributed by atoms with van der Waals surface area (Å²) in [4.78, 5) is 32.0. The van der Waals surface area contributed by atoms with Gasteiger partial charge >= 0.3 is 0 Å². The van der Waals surface area contributed by atoms with Crippen LogP contribution in [-0.4, -0.2) is 31.1 Å². The number of para-hydroxylation sites is 1. The number of halogens is 1. The Bertz CT molecular complexity index is 1720. The van der Waals surface area contributed by atoms with Crippen LogP contribution in [0.4, 0.5) is 4.39 Å². The van der Waals surface area contributed by atoms with E-state index in [9.17, 15) is 14.0 Å². The number of carbonyl (C=O) groups excluding carboxylic acids is 2. The summed E-state index contributed by atoms with van der Waals surface area (Å²) in [5, 5.41) is 3.96. The number of hydrogen-bond donors (Lipinski definition) is 1. The Morgan fingerprint density at radius 1 is 0.978 bits per heavy atom. The maximum Gasteiger partial charge on any atom is 0.223 e. The van der Waals surface area contributed by atoms with E-state index in [4.69, 9.17) is 9.41 Å². The monoisotopic (exact) mass is 636 g/mol. The first-order valence-corrected chi connectivity index (χ1v) is 19.1. The Balaban J connectivity index is 1.43. The van der Waals surface area contributed by atoms with Crippen molar-refractivity contribution in [3.8, 4) is 11.1 Å². The molecule has 1 aromatic heterocycles. The Hall–Kier alpha value is -3.94. The molecule has 0 spiro atoms. The molecule has 46 heavy (non-hydrogen) atoms. The Morgan fingerprint density at radius 2 is 1.63 bits per heavy atom. The molecule has 1 fully saturated rings. The molecule has 1 N–H and O–H groups in total. The number of carbonyl (C=O) groups is 2. The van der Waals surface area contributed by atoms with Crippen LogP contribution in [0.3, 0.4) is 0 Å². The molecule has 7 heteroatoms. The lowest BCUT2D eigenvalue weighted by atomic mass is 9.92. The highest BCUT2D eigenvalue weighted by molar-refractivity contribution is 6.74. The summed E-state index contributed by atoms with van der Waals surface area (Å²) < 4.78 is 20.6. The molecular formula is C39H45FN2O3Si. The smallest absolute Gasteiger partial charge is 0.223 e. The minimum absolute atomic E-state index is 0.0851. The fraction of sp³-hybridized carbons (Fsp3) is 0.359. The summed E-state index contributed by atoms with van der Waals surface area (Å²) >= 11 is 0. The highest BCUT2D eigenvalue weighted by atomic mass is 28.4. The topological polar surface area (TPSA) is 68.3 Å². The molecule has 0 saturated heterocycles. The lowest BCUT2D eigenvalue weighted by Gasteiger charge is -2.39. The van der Waals surface area contributed by atoms with Gasteiger partial charge in [0, 0.05) is 28.9 Å². The third kappa shape index (κ3) is 8.06. The molecule has 0 bridgehead atoms. The van der Waals surface area contributed by atoms with Crippen molar-refractivity contribution in [1.29, 1.82) is 0 Å². The maximum absolute atomic E-state index is 13.9. The summed E-state index contributed by atoms with van der Waals surface area (Å²) in [5.41, 5.74) is 5.56. The molecule has 5 rings (SSSR count). The number of amides is 1. The second-order valence-corrected chi connectivity index (χ2v) is 18.7. The Labute approximate surface area is 273 Å². The molecular weight excluding hydrogens is 592 g/mol. The van der Waals surface area contributed by atoms with Crippen LogP contribution in [0.25, 0.3) is 28.1 Å². The van der Waals surface area contributed by atoms with Crippen LogP contribution in [0.2, 0.25) is 18.1 Å². The van der Waals surface area contributed by atoms with Crippen molar-refractivity contribution in [3.05, 3.63) is 108 Å². The standard InChI is InChI=1S/C39H45FN2O3Si/c1-26(27-12-8-7-9-13-27)41-36(44)25-32(45-46(5,6)39(2,3)4)24-31(43)22-23-34-37(28-18-20-30(40)21-19-28)33-14-10-11-15-35(33)42-38(34)29-16-17-29/h7-15,18-23,26,29,32H,16-17,24-25H2,1-6H3,(H,41,44)/t26-,32+/m0/s1. The zero-order valence-corrected chi connectivity index (χ0v) is 28.8. The highest BCUT2D eigenvalue weighted by Gasteiger charge is 2.40. The van der Waals surface area contributed by atoms with Gasteiger partial charge in [-0.3, -0.25) is 14.6 Å². The second-order valence-electron chi connectivity index (χ2n) is 14.0. The number of nitrogens with zero attached hydrogens (tertiary/aromatic N) is 1. The van der Waals surface area contributed by atoms with Crippen LogP contribution in [-0.2, 0) is 14.0 Å². The third-order valence-corrected chi connectivity index (χ3v) is 13.8. The molecule has 1 heterocycles. The average molecular weight is 637 g/mol. The molecule has 4 aromatic rings. The summed E-state index contributed by atoms with van der Waals surface area (Å²) in [7, 11) is -2.29. The predicted octanol–water partition coefficient (Wildman–Crippen LogP) is 9.55. The summed E-state index contributed by atoms with van der Waals surface area (Å²) in [6.45, 7) is 12.7. The van der Waals surface area contributed by atoms with Crippen molar-refractivity contribution in [1.82, 2.24) is 10.3 Å². The second kappa shape index (κ2) is 13.8. The van der Waals surface area contributed by atoms with Crippen molar-refractivity contribution < 1.29 is 18.4 Å². The lowest BCUT2D eigenvalue weighted by molar-refractivity contribution is -0.124. The van der Waals surface area contributed by atoms with Crippen molar-refractivity contribution in [2.45, 2.75) is 89.6 Å². The normalized spacial score (nSPS) is 15.2. The third-order valence-electron chi connectivity index (χ3n) is 9.28. The van der Waals surface area contributed by atoms with Gasteiger partial charge in [0.25, 0.3) is 0 Å². The fourth-order valence-corrected chi connectivity index (χ4v) is 6.91. The first-order chi connectivity index (χ1) is 21.8. The van der Waals surface area contributed by atoms with Crippen LogP contribution in [0.5, 0.6) is 0 Å². The first kappa shape index (κ1) is 33.4. The number of hydrogen-bond acceptors (Lipinski definition) is 4. The summed E-state index contributed by atoms with van der Waals surface area (Å²) in [6, 6.07) is 24.1. The van der Waals surface area contributed by atoms with E-state index in [2.05, 4.69) is 39.2 Å². The number of benzene rings is 3. The summed E-state index contributed by atoms with van der Waals surface area (Å²) in [5.74, 6) is -0.243. The average Bonchev–Trinajstić information content (AvgIpc) is 3.85. The van der Waals surface area contributed by atoms with Crippen molar-refractivity contribution in [3.63, 3.8) is 0 Å². The van der Waals surface area contributed by atoms with Gasteiger partial charge in [0.15, 0.2) is 14.1 Å². The van der Waals surface area contributed by atoms with Gasteiger partial charge in [-0.1, -0.05) is 81.4 Å². The van der Waals surface area contributed by atoms with E-state index in [1.807, 2.05) is 67.6 Å². The van der Waals surface area contributed by atoms with Crippen LogP contribution in [0.1, 0.15) is 82.2 Å². The number of pyridine rings is 1. The zero-order chi connectivity index (χ0) is 33.1. The molecule has 1 amide bonds. The molecule has 0 unspecified atom stereocenters. The minimum Gasteiger partial charge on any atom is -0.413 e. The largest absolute Gasteiger partial charge is 0.413 e. The fourth-order valence-electron chi connectivity index (χ4n) is 5.56. The quantitative estimate of drug-likeness (QED) is 0.124. The number of allylic oxidation sites excluding steroid dienone is 1. The van der Waals surface area contributed by atoms with Gasteiger partial charge in [0.05, 0.1) is 29.8 Å². The molecule has 1 aliphatic rings.